The van der Waals surface area contributed by atoms with E-state index in [1.165, 1.54) is 11.3 Å². The SMILES string of the molecule is NCC#Cc1cc(C(=O)NCC2CCCOC2)cs1. The monoisotopic (exact) mass is 278 g/mol. The van der Waals surface area contributed by atoms with Gasteiger partial charge in [0.2, 0.25) is 0 Å². The Morgan fingerprint density at radius 1 is 1.63 bits per heavy atom. The molecule has 1 fully saturated rings. The predicted molar refractivity (Wildman–Crippen MR) is 76.1 cm³/mol. The molecule has 2 rings (SSSR count). The summed E-state index contributed by atoms with van der Waals surface area (Å²) in [6.07, 6.45) is 2.20. The lowest BCUT2D eigenvalue weighted by Gasteiger charge is -2.22. The van der Waals surface area contributed by atoms with Crippen molar-refractivity contribution in [1.82, 2.24) is 5.32 Å². The van der Waals surface area contributed by atoms with Gasteiger partial charge in [-0.1, -0.05) is 11.8 Å². The average molecular weight is 278 g/mol. The second-order valence-corrected chi connectivity index (χ2v) is 5.41. The van der Waals surface area contributed by atoms with Gasteiger partial charge >= 0.3 is 0 Å². The van der Waals surface area contributed by atoms with Gasteiger partial charge < -0.3 is 15.8 Å². The maximum Gasteiger partial charge on any atom is 0.252 e. The van der Waals surface area contributed by atoms with Gasteiger partial charge in [-0.15, -0.1) is 11.3 Å². The van der Waals surface area contributed by atoms with Crippen LogP contribution < -0.4 is 11.1 Å². The van der Waals surface area contributed by atoms with Crippen molar-refractivity contribution in [2.24, 2.45) is 11.7 Å². The van der Waals surface area contributed by atoms with E-state index in [1.807, 2.05) is 5.38 Å². The summed E-state index contributed by atoms with van der Waals surface area (Å²) in [5, 5.41) is 4.78. The van der Waals surface area contributed by atoms with E-state index in [0.29, 0.717) is 24.6 Å². The number of ether oxygens (including phenoxy) is 1. The first-order valence-electron chi connectivity index (χ1n) is 6.43. The van der Waals surface area contributed by atoms with Crippen molar-refractivity contribution in [2.75, 3.05) is 26.3 Å². The van der Waals surface area contributed by atoms with Gasteiger partial charge in [0.1, 0.15) is 0 Å². The highest BCUT2D eigenvalue weighted by Crippen LogP contribution is 2.15. The number of nitrogens with one attached hydrogen (secondary N) is 1. The van der Waals surface area contributed by atoms with Gasteiger partial charge in [-0.3, -0.25) is 4.79 Å². The smallest absolute Gasteiger partial charge is 0.252 e. The molecule has 1 aromatic heterocycles. The number of carbonyl (C=O) groups excluding carboxylic acids is 1. The highest BCUT2D eigenvalue weighted by Gasteiger charge is 2.15. The van der Waals surface area contributed by atoms with Crippen molar-refractivity contribution < 1.29 is 9.53 Å². The molecule has 1 unspecified atom stereocenters. The van der Waals surface area contributed by atoms with E-state index in [-0.39, 0.29) is 5.91 Å². The molecule has 1 aliphatic rings. The third kappa shape index (κ3) is 4.35. The Balaban J connectivity index is 1.83. The molecule has 19 heavy (non-hydrogen) atoms. The van der Waals surface area contributed by atoms with Gasteiger partial charge in [-0.25, -0.2) is 0 Å². The molecule has 0 aliphatic carbocycles. The van der Waals surface area contributed by atoms with E-state index in [9.17, 15) is 4.79 Å². The largest absolute Gasteiger partial charge is 0.381 e. The molecule has 1 amide bonds. The zero-order chi connectivity index (χ0) is 13.5. The second-order valence-electron chi connectivity index (χ2n) is 4.50. The van der Waals surface area contributed by atoms with Crippen molar-refractivity contribution in [3.63, 3.8) is 0 Å². The first-order valence-corrected chi connectivity index (χ1v) is 7.31. The van der Waals surface area contributed by atoms with Crippen molar-refractivity contribution in [3.8, 4) is 11.8 Å². The van der Waals surface area contributed by atoms with E-state index >= 15 is 0 Å². The Bertz CT molecular complexity index is 481. The molecule has 1 aromatic rings. The molecular weight excluding hydrogens is 260 g/mol. The molecule has 2 heterocycles. The summed E-state index contributed by atoms with van der Waals surface area (Å²) in [6.45, 7) is 2.61. The first-order chi connectivity index (χ1) is 9.29. The summed E-state index contributed by atoms with van der Waals surface area (Å²) in [6, 6.07) is 1.81. The van der Waals surface area contributed by atoms with Crippen molar-refractivity contribution in [1.29, 1.82) is 0 Å². The summed E-state index contributed by atoms with van der Waals surface area (Å²) >= 11 is 1.46. The molecule has 0 bridgehead atoms. The van der Waals surface area contributed by atoms with Crippen LogP contribution in [0.25, 0.3) is 0 Å². The van der Waals surface area contributed by atoms with Gasteiger partial charge in [-0.05, 0) is 24.8 Å². The fraction of sp³-hybridized carbons (Fsp3) is 0.500. The summed E-state index contributed by atoms with van der Waals surface area (Å²) in [7, 11) is 0. The molecule has 5 heteroatoms. The predicted octanol–water partition coefficient (Wildman–Crippen LogP) is 1.21. The molecule has 3 N–H and O–H groups in total. The van der Waals surface area contributed by atoms with E-state index in [4.69, 9.17) is 10.5 Å². The number of amides is 1. The Labute approximate surface area is 117 Å². The van der Waals surface area contributed by atoms with E-state index < -0.39 is 0 Å². The van der Waals surface area contributed by atoms with Crippen molar-refractivity contribution in [2.45, 2.75) is 12.8 Å². The second kappa shape index (κ2) is 7.29. The Kier molecular flexibility index (Phi) is 5.40. The Hall–Kier alpha value is -1.35. The summed E-state index contributed by atoms with van der Waals surface area (Å²) in [5.41, 5.74) is 5.98. The lowest BCUT2D eigenvalue weighted by molar-refractivity contribution is 0.0536. The van der Waals surface area contributed by atoms with E-state index in [0.717, 1.165) is 30.9 Å². The van der Waals surface area contributed by atoms with Crippen LogP contribution in [0.3, 0.4) is 0 Å². The minimum Gasteiger partial charge on any atom is -0.381 e. The van der Waals surface area contributed by atoms with Crippen LogP contribution >= 0.6 is 11.3 Å². The molecule has 0 aromatic carbocycles. The molecule has 0 radical (unpaired) electrons. The first kappa shape index (κ1) is 14.1. The van der Waals surface area contributed by atoms with Gasteiger partial charge in [0.15, 0.2) is 0 Å². The number of thiophene rings is 1. The molecule has 0 spiro atoms. The maximum atomic E-state index is 12.0. The summed E-state index contributed by atoms with van der Waals surface area (Å²) < 4.78 is 5.39. The molecule has 1 atom stereocenters. The third-order valence-electron chi connectivity index (χ3n) is 2.98. The van der Waals surface area contributed by atoms with Gasteiger partial charge in [-0.2, -0.15) is 0 Å². The standard InChI is InChI=1S/C14H18N2O2S/c15-5-1-4-13-7-12(10-19-13)14(17)16-8-11-3-2-6-18-9-11/h7,10-11H,2-3,5-6,8-9,15H2,(H,16,17). The molecule has 1 aliphatic heterocycles. The minimum absolute atomic E-state index is 0.0392. The van der Waals surface area contributed by atoms with Crippen LogP contribution in [0.2, 0.25) is 0 Å². The Morgan fingerprint density at radius 2 is 2.53 bits per heavy atom. The zero-order valence-electron chi connectivity index (χ0n) is 10.8. The lowest BCUT2D eigenvalue weighted by atomic mass is 10.0. The normalized spacial score (nSPS) is 18.5. The van der Waals surface area contributed by atoms with Crippen molar-refractivity contribution in [3.05, 3.63) is 21.9 Å². The lowest BCUT2D eigenvalue weighted by Crippen LogP contribution is -2.33. The van der Waals surface area contributed by atoms with Crippen LogP contribution in [0.15, 0.2) is 11.4 Å². The van der Waals surface area contributed by atoms with Gasteiger partial charge in [0, 0.05) is 18.5 Å². The highest BCUT2D eigenvalue weighted by molar-refractivity contribution is 7.10. The van der Waals surface area contributed by atoms with Crippen LogP contribution in [0, 0.1) is 17.8 Å². The summed E-state index contributed by atoms with van der Waals surface area (Å²) in [5.74, 6) is 6.11. The summed E-state index contributed by atoms with van der Waals surface area (Å²) in [4.78, 5) is 12.8. The van der Waals surface area contributed by atoms with Gasteiger partial charge in [0.25, 0.3) is 5.91 Å². The molecular formula is C14H18N2O2S. The number of hydrogen-bond donors (Lipinski definition) is 2. The number of carbonyl (C=O) groups is 1. The van der Waals surface area contributed by atoms with Crippen LogP contribution in [0.1, 0.15) is 28.1 Å². The topological polar surface area (TPSA) is 64.4 Å². The Morgan fingerprint density at radius 3 is 3.26 bits per heavy atom. The van der Waals surface area contributed by atoms with Gasteiger partial charge in [0.05, 0.1) is 23.6 Å². The molecule has 1 saturated heterocycles. The minimum atomic E-state index is -0.0392. The van der Waals surface area contributed by atoms with Crippen LogP contribution in [-0.2, 0) is 4.74 Å². The molecule has 0 saturated carbocycles. The van der Waals surface area contributed by atoms with E-state index in [1.54, 1.807) is 6.07 Å². The highest BCUT2D eigenvalue weighted by atomic mass is 32.1. The van der Waals surface area contributed by atoms with Crippen molar-refractivity contribution >= 4 is 17.2 Å². The number of rotatable bonds is 3. The molecule has 4 nitrogen and oxygen atoms in total. The molecule has 102 valence electrons. The van der Waals surface area contributed by atoms with E-state index in [2.05, 4.69) is 17.2 Å². The maximum absolute atomic E-state index is 12.0. The number of nitrogens with two attached hydrogens (primary N) is 1. The number of hydrogen-bond acceptors (Lipinski definition) is 4. The van der Waals surface area contributed by atoms with Crippen LogP contribution in [-0.4, -0.2) is 32.2 Å². The van der Waals surface area contributed by atoms with Crippen LogP contribution in [0.5, 0.6) is 0 Å². The fourth-order valence-electron chi connectivity index (χ4n) is 1.97. The fourth-order valence-corrected chi connectivity index (χ4v) is 2.72. The zero-order valence-corrected chi connectivity index (χ0v) is 11.6. The quantitative estimate of drug-likeness (QED) is 0.817. The third-order valence-corrected chi connectivity index (χ3v) is 3.83. The van der Waals surface area contributed by atoms with Crippen LogP contribution in [0.4, 0.5) is 0 Å². The average Bonchev–Trinajstić information content (AvgIpc) is 2.92.